The minimum Gasteiger partial charge on any atom is -0.496 e. The second kappa shape index (κ2) is 8.33. The van der Waals surface area contributed by atoms with Crippen LogP contribution in [0.25, 0.3) is 0 Å². The molecule has 2 N–H and O–H groups in total. The molecule has 0 aromatic heterocycles. The SMILES string of the molecule is COc1ccc([C@@H]2NC(=O)NC(C)=C2C(=O)OC2CCC(C)CC2)cc1Br. The second-order valence-electron chi connectivity index (χ2n) is 7.25. The van der Waals surface area contributed by atoms with Crippen LogP contribution in [0.3, 0.4) is 0 Å². The molecule has 1 aliphatic heterocycles. The summed E-state index contributed by atoms with van der Waals surface area (Å²) in [5.74, 6) is 0.984. The third kappa shape index (κ3) is 4.46. The van der Waals surface area contributed by atoms with Crippen molar-refractivity contribution >= 4 is 27.9 Å². The second-order valence-corrected chi connectivity index (χ2v) is 8.11. The van der Waals surface area contributed by atoms with E-state index in [2.05, 4.69) is 33.5 Å². The van der Waals surface area contributed by atoms with Gasteiger partial charge in [0, 0.05) is 5.70 Å². The number of amides is 2. The molecule has 1 fully saturated rings. The van der Waals surface area contributed by atoms with Crippen LogP contribution in [0.4, 0.5) is 4.79 Å². The number of halogens is 1. The van der Waals surface area contributed by atoms with E-state index in [1.165, 1.54) is 0 Å². The zero-order valence-electron chi connectivity index (χ0n) is 15.8. The van der Waals surface area contributed by atoms with Gasteiger partial charge in [-0.1, -0.05) is 13.0 Å². The molecule has 6 nitrogen and oxygen atoms in total. The molecule has 146 valence electrons. The quantitative estimate of drug-likeness (QED) is 0.693. The number of nitrogens with one attached hydrogen (secondary N) is 2. The molecular weight excluding hydrogens is 412 g/mol. The van der Waals surface area contributed by atoms with Crippen LogP contribution in [0.15, 0.2) is 33.9 Å². The van der Waals surface area contributed by atoms with Crippen molar-refractivity contribution in [1.82, 2.24) is 10.6 Å². The first-order valence-corrected chi connectivity index (χ1v) is 10.0. The molecule has 7 heteroatoms. The van der Waals surface area contributed by atoms with Gasteiger partial charge in [-0.3, -0.25) is 0 Å². The lowest BCUT2D eigenvalue weighted by molar-refractivity contribution is -0.146. The van der Waals surface area contributed by atoms with Crippen LogP contribution in [-0.4, -0.2) is 25.2 Å². The molecule has 1 heterocycles. The van der Waals surface area contributed by atoms with Crippen LogP contribution >= 0.6 is 15.9 Å². The van der Waals surface area contributed by atoms with E-state index in [1.807, 2.05) is 12.1 Å². The van der Waals surface area contributed by atoms with E-state index in [9.17, 15) is 9.59 Å². The summed E-state index contributed by atoms with van der Waals surface area (Å²) in [6.45, 7) is 3.95. The van der Waals surface area contributed by atoms with E-state index in [4.69, 9.17) is 9.47 Å². The molecule has 2 aliphatic rings. The standard InChI is InChI=1S/C20H25BrN2O4/c1-11-4-7-14(8-5-11)27-19(24)17-12(2)22-20(25)23-18(17)13-6-9-16(26-3)15(21)10-13/h6,9-11,14,18H,4-5,7-8H2,1-3H3,(H2,22,23,25)/t11?,14?,18-/m0/s1. The summed E-state index contributed by atoms with van der Waals surface area (Å²) < 4.78 is 11.8. The molecule has 1 atom stereocenters. The van der Waals surface area contributed by atoms with Gasteiger partial charge in [0.05, 0.1) is 23.2 Å². The molecule has 1 aromatic rings. The van der Waals surface area contributed by atoms with Gasteiger partial charge >= 0.3 is 12.0 Å². The minimum absolute atomic E-state index is 0.0603. The van der Waals surface area contributed by atoms with E-state index in [0.717, 1.165) is 35.7 Å². The highest BCUT2D eigenvalue weighted by molar-refractivity contribution is 9.10. The molecule has 0 radical (unpaired) electrons. The van der Waals surface area contributed by atoms with Crippen molar-refractivity contribution in [2.45, 2.75) is 51.7 Å². The highest BCUT2D eigenvalue weighted by atomic mass is 79.9. The Hall–Kier alpha value is -2.02. The monoisotopic (exact) mass is 436 g/mol. The zero-order chi connectivity index (χ0) is 19.6. The lowest BCUT2D eigenvalue weighted by Gasteiger charge is -2.31. The van der Waals surface area contributed by atoms with E-state index in [0.29, 0.717) is 22.9 Å². The fraction of sp³-hybridized carbons (Fsp3) is 0.500. The molecule has 0 bridgehead atoms. The number of carbonyl (C=O) groups excluding carboxylic acids is 2. The molecular formula is C20H25BrN2O4. The average molecular weight is 437 g/mol. The Morgan fingerprint density at radius 3 is 2.56 bits per heavy atom. The number of rotatable bonds is 4. The fourth-order valence-corrected chi connectivity index (χ4v) is 4.20. The predicted octanol–water partition coefficient (Wildman–Crippen LogP) is 4.21. The van der Waals surface area contributed by atoms with Crippen molar-refractivity contribution < 1.29 is 19.1 Å². The Labute approximate surface area is 167 Å². The maximum Gasteiger partial charge on any atom is 0.338 e. The highest BCUT2D eigenvalue weighted by Crippen LogP contribution is 2.34. The molecule has 27 heavy (non-hydrogen) atoms. The molecule has 1 aliphatic carbocycles. The van der Waals surface area contributed by atoms with Gasteiger partial charge in [-0.05, 0) is 72.2 Å². The van der Waals surface area contributed by atoms with E-state index >= 15 is 0 Å². The van der Waals surface area contributed by atoms with Crippen molar-refractivity contribution in [2.75, 3.05) is 7.11 Å². The van der Waals surface area contributed by atoms with Gasteiger partial charge in [0.2, 0.25) is 0 Å². The van der Waals surface area contributed by atoms with Crippen LogP contribution in [0.5, 0.6) is 5.75 Å². The maximum absolute atomic E-state index is 12.9. The molecule has 0 spiro atoms. The zero-order valence-corrected chi connectivity index (χ0v) is 17.4. The van der Waals surface area contributed by atoms with E-state index < -0.39 is 6.04 Å². The van der Waals surface area contributed by atoms with Crippen molar-refractivity contribution in [2.24, 2.45) is 5.92 Å². The van der Waals surface area contributed by atoms with Crippen molar-refractivity contribution in [3.05, 3.63) is 39.5 Å². The first-order chi connectivity index (χ1) is 12.9. The Morgan fingerprint density at radius 1 is 1.22 bits per heavy atom. The van der Waals surface area contributed by atoms with Gasteiger partial charge in [0.25, 0.3) is 0 Å². The molecule has 2 amide bonds. The van der Waals surface area contributed by atoms with Crippen LogP contribution < -0.4 is 15.4 Å². The number of methoxy groups -OCH3 is 1. The molecule has 0 unspecified atom stereocenters. The summed E-state index contributed by atoms with van der Waals surface area (Å²) in [7, 11) is 1.59. The van der Waals surface area contributed by atoms with Gasteiger partial charge in [0.1, 0.15) is 11.9 Å². The highest BCUT2D eigenvalue weighted by Gasteiger charge is 2.34. The summed E-state index contributed by atoms with van der Waals surface area (Å²) in [6, 6.07) is 4.57. The first-order valence-electron chi connectivity index (χ1n) is 9.21. The van der Waals surface area contributed by atoms with Crippen molar-refractivity contribution in [3.8, 4) is 5.75 Å². The Balaban J connectivity index is 1.85. The number of esters is 1. The number of benzene rings is 1. The van der Waals surface area contributed by atoms with Crippen LogP contribution in [0.2, 0.25) is 0 Å². The largest absolute Gasteiger partial charge is 0.496 e. The third-order valence-corrected chi connectivity index (χ3v) is 5.85. The van der Waals surface area contributed by atoms with Crippen LogP contribution in [-0.2, 0) is 9.53 Å². The van der Waals surface area contributed by atoms with E-state index in [-0.39, 0.29) is 18.1 Å². The van der Waals surface area contributed by atoms with Gasteiger partial charge in [-0.25, -0.2) is 9.59 Å². The Morgan fingerprint density at radius 2 is 1.93 bits per heavy atom. The van der Waals surface area contributed by atoms with Gasteiger partial charge in [-0.15, -0.1) is 0 Å². The average Bonchev–Trinajstić information content (AvgIpc) is 2.62. The number of carbonyl (C=O) groups is 2. The Bertz CT molecular complexity index is 769. The predicted molar refractivity (Wildman–Crippen MR) is 105 cm³/mol. The minimum atomic E-state index is -0.573. The van der Waals surface area contributed by atoms with Gasteiger partial charge in [-0.2, -0.15) is 0 Å². The summed E-state index contributed by atoms with van der Waals surface area (Å²) in [5.41, 5.74) is 1.73. The molecule has 0 saturated heterocycles. The lowest BCUT2D eigenvalue weighted by Crippen LogP contribution is -2.45. The van der Waals surface area contributed by atoms with E-state index in [1.54, 1.807) is 20.1 Å². The number of ether oxygens (including phenoxy) is 2. The number of allylic oxidation sites excluding steroid dienone is 1. The topological polar surface area (TPSA) is 76.7 Å². The molecule has 1 aromatic carbocycles. The Kier molecular flexibility index (Phi) is 6.09. The summed E-state index contributed by atoms with van der Waals surface area (Å²) >= 11 is 3.46. The summed E-state index contributed by atoms with van der Waals surface area (Å²) in [4.78, 5) is 25.0. The first kappa shape index (κ1) is 19.7. The van der Waals surface area contributed by atoms with Crippen molar-refractivity contribution in [1.29, 1.82) is 0 Å². The molecule has 1 saturated carbocycles. The normalized spacial score (nSPS) is 25.5. The lowest BCUT2D eigenvalue weighted by atomic mass is 9.89. The van der Waals surface area contributed by atoms with Crippen molar-refractivity contribution in [3.63, 3.8) is 0 Å². The number of hydrogen-bond donors (Lipinski definition) is 2. The van der Waals surface area contributed by atoms with Gasteiger partial charge < -0.3 is 20.1 Å². The third-order valence-electron chi connectivity index (χ3n) is 5.23. The fourth-order valence-electron chi connectivity index (χ4n) is 3.64. The maximum atomic E-state index is 12.9. The summed E-state index contributed by atoms with van der Waals surface area (Å²) in [5, 5.41) is 5.52. The smallest absolute Gasteiger partial charge is 0.338 e. The van der Waals surface area contributed by atoms with Gasteiger partial charge in [0.15, 0.2) is 0 Å². The number of hydrogen-bond acceptors (Lipinski definition) is 4. The summed E-state index contributed by atoms with van der Waals surface area (Å²) in [6.07, 6.45) is 3.85. The van der Waals surface area contributed by atoms with Crippen LogP contribution in [0, 0.1) is 5.92 Å². The molecule has 3 rings (SSSR count). The van der Waals surface area contributed by atoms with Crippen LogP contribution in [0.1, 0.15) is 51.1 Å². The number of urea groups is 1.